The van der Waals surface area contributed by atoms with Crippen molar-refractivity contribution < 1.29 is 19.6 Å². The SMILES string of the molecule is NC(=O)c1n[nH]c(C(=O)O)c1[N+](=O)[O-]. The Labute approximate surface area is 75.7 Å². The lowest BCUT2D eigenvalue weighted by molar-refractivity contribution is -0.385. The molecule has 0 aliphatic carbocycles. The van der Waals surface area contributed by atoms with Gasteiger partial charge < -0.3 is 10.8 Å². The number of nitrogens with two attached hydrogens (primary N) is 1. The first kappa shape index (κ1) is 9.64. The largest absolute Gasteiger partial charge is 0.476 e. The third-order valence-electron chi connectivity index (χ3n) is 1.37. The molecule has 1 aromatic heterocycles. The Kier molecular flexibility index (Phi) is 2.15. The molecule has 0 aromatic carbocycles. The van der Waals surface area contributed by atoms with Crippen molar-refractivity contribution in [2.75, 3.05) is 0 Å². The molecule has 0 aliphatic rings. The number of nitrogens with one attached hydrogen (secondary N) is 1. The molecule has 0 radical (unpaired) electrons. The molecule has 9 nitrogen and oxygen atoms in total. The lowest BCUT2D eigenvalue weighted by Crippen LogP contribution is -2.14. The predicted octanol–water partition coefficient (Wildman–Crippen LogP) is -0.885. The Morgan fingerprint density at radius 3 is 2.50 bits per heavy atom. The first-order chi connectivity index (χ1) is 6.45. The number of hydrogen-bond acceptors (Lipinski definition) is 5. The van der Waals surface area contributed by atoms with Gasteiger partial charge in [0.25, 0.3) is 5.91 Å². The molecule has 74 valence electrons. The van der Waals surface area contributed by atoms with E-state index in [4.69, 9.17) is 10.8 Å². The third kappa shape index (κ3) is 1.37. The van der Waals surface area contributed by atoms with Gasteiger partial charge in [-0.05, 0) is 0 Å². The highest BCUT2D eigenvalue weighted by Crippen LogP contribution is 2.20. The van der Waals surface area contributed by atoms with Crippen molar-refractivity contribution in [2.24, 2.45) is 5.73 Å². The Morgan fingerprint density at radius 1 is 1.57 bits per heavy atom. The number of primary amides is 1. The first-order valence-electron chi connectivity index (χ1n) is 3.21. The number of hydrogen-bond donors (Lipinski definition) is 3. The molecule has 14 heavy (non-hydrogen) atoms. The molecule has 4 N–H and O–H groups in total. The fraction of sp³-hybridized carbons (Fsp3) is 0. The van der Waals surface area contributed by atoms with Gasteiger partial charge >= 0.3 is 11.7 Å². The molecule has 1 aromatic rings. The normalized spacial score (nSPS) is 9.71. The molecule has 1 amide bonds. The Morgan fingerprint density at radius 2 is 2.14 bits per heavy atom. The Balaban J connectivity index is 3.42. The molecule has 0 atom stereocenters. The number of aromatic carboxylic acids is 1. The Bertz CT molecular complexity index is 390. The number of aromatic amines is 1. The van der Waals surface area contributed by atoms with E-state index in [1.54, 1.807) is 0 Å². The predicted molar refractivity (Wildman–Crippen MR) is 40.7 cm³/mol. The molecule has 0 unspecified atom stereocenters. The molecular formula is C5H4N4O5. The molecule has 1 heterocycles. The van der Waals surface area contributed by atoms with E-state index in [1.165, 1.54) is 0 Å². The van der Waals surface area contributed by atoms with Crippen LogP contribution in [0, 0.1) is 10.1 Å². The molecule has 0 saturated carbocycles. The molecule has 0 saturated heterocycles. The highest BCUT2D eigenvalue weighted by molar-refractivity contribution is 6.00. The van der Waals surface area contributed by atoms with Gasteiger partial charge in [-0.1, -0.05) is 0 Å². The van der Waals surface area contributed by atoms with E-state index in [0.29, 0.717) is 0 Å². The quantitative estimate of drug-likeness (QED) is 0.425. The molecule has 0 fully saturated rings. The van der Waals surface area contributed by atoms with Crippen LogP contribution in [-0.2, 0) is 0 Å². The topological polar surface area (TPSA) is 152 Å². The highest BCUT2D eigenvalue weighted by Gasteiger charge is 2.31. The number of aromatic nitrogens is 2. The van der Waals surface area contributed by atoms with Gasteiger partial charge in [0.1, 0.15) is 0 Å². The summed E-state index contributed by atoms with van der Waals surface area (Å²) in [7, 11) is 0. The van der Waals surface area contributed by atoms with Crippen LogP contribution in [0.2, 0.25) is 0 Å². The van der Waals surface area contributed by atoms with Crippen molar-refractivity contribution in [1.82, 2.24) is 10.2 Å². The summed E-state index contributed by atoms with van der Waals surface area (Å²) in [6, 6.07) is 0. The summed E-state index contributed by atoms with van der Waals surface area (Å²) in [4.78, 5) is 30.4. The monoisotopic (exact) mass is 200 g/mol. The second-order valence-electron chi connectivity index (χ2n) is 2.22. The molecule has 0 aliphatic heterocycles. The fourth-order valence-electron chi connectivity index (χ4n) is 0.835. The van der Waals surface area contributed by atoms with Gasteiger partial charge in [-0.25, -0.2) is 4.79 Å². The van der Waals surface area contributed by atoms with Crippen molar-refractivity contribution in [3.05, 3.63) is 21.5 Å². The van der Waals surface area contributed by atoms with Crippen LogP contribution in [0.5, 0.6) is 0 Å². The number of rotatable bonds is 3. The number of nitrogens with zero attached hydrogens (tertiary/aromatic N) is 2. The van der Waals surface area contributed by atoms with Crippen molar-refractivity contribution in [3.63, 3.8) is 0 Å². The number of carboxylic acids is 1. The summed E-state index contributed by atoms with van der Waals surface area (Å²) in [5, 5.41) is 23.8. The summed E-state index contributed by atoms with van der Waals surface area (Å²) in [6.45, 7) is 0. The van der Waals surface area contributed by atoms with Gasteiger partial charge in [0.2, 0.25) is 11.4 Å². The molecular weight excluding hydrogens is 196 g/mol. The van der Waals surface area contributed by atoms with E-state index in [0.717, 1.165) is 0 Å². The average molecular weight is 200 g/mol. The van der Waals surface area contributed by atoms with Gasteiger partial charge in [-0.2, -0.15) is 5.10 Å². The van der Waals surface area contributed by atoms with Gasteiger partial charge in [0.05, 0.1) is 4.92 Å². The number of carboxylic acid groups (broad SMARTS) is 1. The maximum absolute atomic E-state index is 10.6. The number of carbonyl (C=O) groups is 2. The summed E-state index contributed by atoms with van der Waals surface area (Å²) in [5.74, 6) is -2.75. The van der Waals surface area contributed by atoms with E-state index in [1.807, 2.05) is 5.10 Å². The zero-order valence-electron chi connectivity index (χ0n) is 6.55. The zero-order valence-corrected chi connectivity index (χ0v) is 6.55. The molecule has 1 rings (SSSR count). The van der Waals surface area contributed by atoms with E-state index < -0.39 is 33.9 Å². The standard InChI is InChI=1S/C5H4N4O5/c6-4(10)1-3(9(13)14)2(5(11)12)8-7-1/h(H2,6,10)(H,7,8)(H,11,12). The molecule has 0 bridgehead atoms. The van der Waals surface area contributed by atoms with Crippen LogP contribution in [0.3, 0.4) is 0 Å². The van der Waals surface area contributed by atoms with Crippen molar-refractivity contribution in [1.29, 1.82) is 0 Å². The van der Waals surface area contributed by atoms with Crippen LogP contribution in [0.4, 0.5) is 5.69 Å². The van der Waals surface area contributed by atoms with E-state index in [-0.39, 0.29) is 0 Å². The first-order valence-corrected chi connectivity index (χ1v) is 3.21. The average Bonchev–Trinajstić information content (AvgIpc) is 2.46. The van der Waals surface area contributed by atoms with Crippen LogP contribution in [0.15, 0.2) is 0 Å². The van der Waals surface area contributed by atoms with Crippen LogP contribution in [0.25, 0.3) is 0 Å². The second kappa shape index (κ2) is 3.12. The van der Waals surface area contributed by atoms with Crippen molar-refractivity contribution in [2.45, 2.75) is 0 Å². The lowest BCUT2D eigenvalue weighted by Gasteiger charge is -1.90. The summed E-state index contributed by atoms with van der Waals surface area (Å²) in [6.07, 6.45) is 0. The second-order valence-corrected chi connectivity index (χ2v) is 2.22. The number of nitro groups is 1. The number of amides is 1. The van der Waals surface area contributed by atoms with Gasteiger partial charge in [0.15, 0.2) is 0 Å². The molecule has 9 heteroatoms. The molecule has 0 spiro atoms. The van der Waals surface area contributed by atoms with Crippen LogP contribution in [-0.4, -0.2) is 32.1 Å². The maximum Gasteiger partial charge on any atom is 0.361 e. The van der Waals surface area contributed by atoms with Crippen molar-refractivity contribution >= 4 is 17.6 Å². The minimum Gasteiger partial charge on any atom is -0.476 e. The minimum absolute atomic E-state index is 0.701. The van der Waals surface area contributed by atoms with Crippen LogP contribution >= 0.6 is 0 Å². The summed E-state index contributed by atoms with van der Waals surface area (Å²) in [5.41, 5.74) is 2.35. The van der Waals surface area contributed by atoms with Crippen molar-refractivity contribution in [3.8, 4) is 0 Å². The zero-order chi connectivity index (χ0) is 10.9. The van der Waals surface area contributed by atoms with E-state index >= 15 is 0 Å². The van der Waals surface area contributed by atoms with Gasteiger partial charge in [-0.15, -0.1) is 0 Å². The number of H-pyrrole nitrogens is 1. The summed E-state index contributed by atoms with van der Waals surface area (Å²) < 4.78 is 0. The minimum atomic E-state index is -1.59. The number of carbonyl (C=O) groups excluding carboxylic acids is 1. The van der Waals surface area contributed by atoms with Gasteiger partial charge in [0, 0.05) is 0 Å². The van der Waals surface area contributed by atoms with Crippen LogP contribution in [0.1, 0.15) is 21.0 Å². The summed E-state index contributed by atoms with van der Waals surface area (Å²) >= 11 is 0. The fourth-order valence-corrected chi connectivity index (χ4v) is 0.835. The van der Waals surface area contributed by atoms with E-state index in [9.17, 15) is 19.7 Å². The Hall–Kier alpha value is -2.45. The third-order valence-corrected chi connectivity index (χ3v) is 1.37. The van der Waals surface area contributed by atoms with E-state index in [2.05, 4.69) is 5.10 Å². The lowest BCUT2D eigenvalue weighted by atomic mass is 10.3. The van der Waals surface area contributed by atoms with Crippen LogP contribution < -0.4 is 5.73 Å². The highest BCUT2D eigenvalue weighted by atomic mass is 16.6. The smallest absolute Gasteiger partial charge is 0.361 e. The van der Waals surface area contributed by atoms with Gasteiger partial charge in [-0.3, -0.25) is 20.0 Å². The maximum atomic E-state index is 10.6.